The number of hydrogen-bond donors (Lipinski definition) is 2. The lowest BCUT2D eigenvalue weighted by Crippen LogP contribution is -2.46. The highest BCUT2D eigenvalue weighted by atomic mass is 28.4. The van der Waals surface area contributed by atoms with Gasteiger partial charge in [0.25, 0.3) is 11.8 Å². The summed E-state index contributed by atoms with van der Waals surface area (Å²) in [5.74, 6) is 1.13. The maximum absolute atomic E-state index is 14.7. The van der Waals surface area contributed by atoms with Crippen molar-refractivity contribution in [2.45, 2.75) is 142 Å². The number of hydrogen-bond acceptors (Lipinski definition) is 11. The van der Waals surface area contributed by atoms with E-state index in [1.165, 1.54) is 13.2 Å². The lowest BCUT2D eigenvalue weighted by Gasteiger charge is -2.38. The molecule has 2 saturated heterocycles. The molecule has 0 bridgehead atoms. The summed E-state index contributed by atoms with van der Waals surface area (Å²) in [6, 6.07) is 14.2. The van der Waals surface area contributed by atoms with Crippen molar-refractivity contribution in [2.75, 3.05) is 58.2 Å². The first kappa shape index (κ1) is 52.8. The molecule has 16 heteroatoms. The zero-order valence-corrected chi connectivity index (χ0v) is 45.8. The maximum atomic E-state index is 14.7. The average Bonchev–Trinajstić information content (AvgIpc) is 4.17. The minimum absolute atomic E-state index is 0.00483. The van der Waals surface area contributed by atoms with Crippen LogP contribution in [0.1, 0.15) is 112 Å². The van der Waals surface area contributed by atoms with Crippen molar-refractivity contribution >= 4 is 45.9 Å². The minimum Gasteiger partial charge on any atom is -0.493 e. The van der Waals surface area contributed by atoms with Crippen LogP contribution in [0.2, 0.25) is 36.3 Å². The molecule has 2 saturated carbocycles. The fourth-order valence-electron chi connectivity index (χ4n) is 9.09. The predicted molar refractivity (Wildman–Crippen MR) is 279 cm³/mol. The largest absolute Gasteiger partial charge is 0.493 e. The monoisotopic (exact) mass is 999 g/mol. The van der Waals surface area contributed by atoms with E-state index in [2.05, 4.69) is 79.6 Å². The first-order chi connectivity index (χ1) is 32.8. The van der Waals surface area contributed by atoms with Crippen LogP contribution >= 0.6 is 0 Å². The van der Waals surface area contributed by atoms with Crippen molar-refractivity contribution in [2.24, 2.45) is 10.8 Å². The molecule has 0 aromatic heterocycles. The van der Waals surface area contributed by atoms with Crippen molar-refractivity contribution in [3.8, 4) is 23.0 Å². The van der Waals surface area contributed by atoms with E-state index in [0.29, 0.717) is 60.6 Å². The third kappa shape index (κ3) is 11.8. The number of carbonyl (C=O) groups is 3. The quantitative estimate of drug-likeness (QED) is 0.0668. The van der Waals surface area contributed by atoms with Crippen LogP contribution in [0.3, 0.4) is 0 Å². The van der Waals surface area contributed by atoms with E-state index in [4.69, 9.17) is 38.3 Å². The summed E-state index contributed by atoms with van der Waals surface area (Å²) in [4.78, 5) is 45.9. The number of rotatable bonds is 19. The van der Waals surface area contributed by atoms with Gasteiger partial charge in [-0.15, -0.1) is 0 Å². The first-order valence-corrected chi connectivity index (χ1v) is 30.6. The summed E-state index contributed by atoms with van der Waals surface area (Å²) in [5.41, 5.74) is 9.80. The molecule has 3 aromatic rings. The number of methoxy groups -OCH3 is 2. The van der Waals surface area contributed by atoms with Crippen molar-refractivity contribution in [3.63, 3.8) is 0 Å². The number of amides is 3. The standard InChI is InChI=1S/C54H78N4O10Si2/c1-14-22-64-50(61)56-43-27-47(45(63-9)25-41(43)49(60)58-35-54(20-21-54)29-39(58)33-68-70(12,13)52(5,6)7)66-31-37-17-15-16-36(23-37)30-65-46-26-42(55)40(24-44(46)62-8)48(59)57-34-53(18-19-53)28-38(57)32-67-69(10,11)51(2,3)4/h14-17,23-27,38-39H,1,18-22,28-35,55H2,2-13H3,(H,56,61)/t38-,39-/m0/s1. The Morgan fingerprint density at radius 1 is 0.714 bits per heavy atom. The number of nitrogens with two attached hydrogens (primary N) is 1. The molecule has 4 fully saturated rings. The molecule has 4 aliphatic rings. The molecule has 2 atom stereocenters. The van der Waals surface area contributed by atoms with Crippen molar-refractivity contribution < 1.29 is 46.9 Å². The van der Waals surface area contributed by atoms with Crippen molar-refractivity contribution in [1.29, 1.82) is 0 Å². The van der Waals surface area contributed by atoms with Gasteiger partial charge in [0.2, 0.25) is 0 Å². The maximum Gasteiger partial charge on any atom is 0.411 e. The van der Waals surface area contributed by atoms with Crippen LogP contribution in [0, 0.1) is 10.8 Å². The second-order valence-corrected chi connectivity index (χ2v) is 32.9. The first-order valence-electron chi connectivity index (χ1n) is 24.8. The Morgan fingerprint density at radius 3 is 1.61 bits per heavy atom. The van der Waals surface area contributed by atoms with Crippen LogP contribution < -0.4 is 30.0 Å². The third-order valence-corrected chi connectivity index (χ3v) is 25.0. The van der Waals surface area contributed by atoms with Crippen LogP contribution in [0.25, 0.3) is 0 Å². The van der Waals surface area contributed by atoms with E-state index in [-0.39, 0.29) is 75.9 Å². The van der Waals surface area contributed by atoms with Gasteiger partial charge in [0.05, 0.1) is 56.3 Å². The van der Waals surface area contributed by atoms with Crippen LogP contribution in [-0.2, 0) is 26.8 Å². The van der Waals surface area contributed by atoms with Crippen molar-refractivity contribution in [3.05, 3.63) is 83.4 Å². The number of nitrogens with zero attached hydrogens (tertiary/aromatic N) is 2. The fraction of sp³-hybridized carbons (Fsp3) is 0.574. The average molecular weight is 999 g/mol. The zero-order valence-electron chi connectivity index (χ0n) is 43.8. The van der Waals surface area contributed by atoms with Gasteiger partial charge < -0.3 is 48.1 Å². The molecule has 3 N–H and O–H groups in total. The van der Waals surface area contributed by atoms with Crippen molar-refractivity contribution in [1.82, 2.24) is 9.80 Å². The molecule has 7 rings (SSSR count). The Bertz CT molecular complexity index is 2440. The highest BCUT2D eigenvalue weighted by molar-refractivity contribution is 6.74. The van der Waals surface area contributed by atoms with E-state index in [1.807, 2.05) is 34.1 Å². The molecular formula is C54H78N4O10Si2. The molecule has 3 aromatic carbocycles. The highest BCUT2D eigenvalue weighted by Gasteiger charge is 2.55. The minimum atomic E-state index is -2.09. The summed E-state index contributed by atoms with van der Waals surface area (Å²) in [6.07, 6.45) is 6.95. The van der Waals surface area contributed by atoms with E-state index < -0.39 is 22.7 Å². The van der Waals surface area contributed by atoms with E-state index >= 15 is 0 Å². The van der Waals surface area contributed by atoms with Gasteiger partial charge in [-0.1, -0.05) is 72.4 Å². The van der Waals surface area contributed by atoms with Gasteiger partial charge in [-0.3, -0.25) is 14.9 Å². The normalized spacial score (nSPS) is 19.3. The molecule has 382 valence electrons. The van der Waals surface area contributed by atoms with Gasteiger partial charge in [0.15, 0.2) is 39.6 Å². The second-order valence-electron chi connectivity index (χ2n) is 23.3. The number of likely N-dealkylation sites (tertiary alicyclic amines) is 2. The predicted octanol–water partition coefficient (Wildman–Crippen LogP) is 11.2. The number of ether oxygens (including phenoxy) is 5. The lowest BCUT2D eigenvalue weighted by molar-refractivity contribution is 0.0674. The van der Waals surface area contributed by atoms with Crippen LogP contribution in [0.4, 0.5) is 16.2 Å². The lowest BCUT2D eigenvalue weighted by atomic mass is 10.0. The van der Waals surface area contributed by atoms with E-state index in [9.17, 15) is 14.4 Å². The number of nitrogens with one attached hydrogen (secondary N) is 1. The third-order valence-electron chi connectivity index (χ3n) is 16.0. The number of nitrogen functional groups attached to an aromatic ring is 1. The number of anilines is 2. The molecule has 3 amide bonds. The Hall–Kier alpha value is -5.04. The molecule has 2 aliphatic heterocycles. The highest BCUT2D eigenvalue weighted by Crippen LogP contribution is 2.57. The van der Waals surface area contributed by atoms with Gasteiger partial charge >= 0.3 is 6.09 Å². The summed E-state index contributed by atoms with van der Waals surface area (Å²) in [5, 5.41) is 2.88. The second kappa shape index (κ2) is 20.2. The summed E-state index contributed by atoms with van der Waals surface area (Å²) < 4.78 is 42.9. The van der Waals surface area contributed by atoms with E-state index in [0.717, 1.165) is 49.7 Å². The molecule has 14 nitrogen and oxygen atoms in total. The van der Waals surface area contributed by atoms with Crippen LogP contribution in [0.5, 0.6) is 23.0 Å². The molecule has 0 unspecified atom stereocenters. The smallest absolute Gasteiger partial charge is 0.411 e. The number of carbonyl (C=O) groups excluding carboxylic acids is 3. The molecular weight excluding hydrogens is 921 g/mol. The van der Waals surface area contributed by atoms with E-state index in [1.54, 1.807) is 31.4 Å². The molecule has 70 heavy (non-hydrogen) atoms. The fourth-order valence-corrected chi connectivity index (χ4v) is 11.2. The number of benzene rings is 3. The Labute approximate surface area is 418 Å². The van der Waals surface area contributed by atoms with Crippen LogP contribution in [-0.4, -0.2) is 104 Å². The van der Waals surface area contributed by atoms with Crippen LogP contribution in [0.15, 0.2) is 61.2 Å². The Balaban J connectivity index is 1.04. The van der Waals surface area contributed by atoms with Gasteiger partial charge in [-0.2, -0.15) is 0 Å². The Morgan fingerprint density at radius 2 is 1.17 bits per heavy atom. The summed E-state index contributed by atoms with van der Waals surface area (Å²) >= 11 is 0. The summed E-state index contributed by atoms with van der Waals surface area (Å²) in [7, 11) is -1.03. The molecule has 2 spiro atoms. The molecule has 2 aliphatic carbocycles. The van der Waals surface area contributed by atoms with Gasteiger partial charge in [0, 0.05) is 30.9 Å². The molecule has 2 heterocycles. The van der Waals surface area contributed by atoms with Gasteiger partial charge in [-0.05, 0) is 115 Å². The molecule has 0 radical (unpaired) electrons. The SMILES string of the molecule is C=CCOC(=O)Nc1cc(OCc2cccc(COc3cc(N)c(C(=O)N4CC5(CC5)C[C@H]4CO[Si](C)(C)C(C)(C)C)cc3OC)c2)c(OC)cc1C(=O)N1CC2(CC2)C[C@H]1CO[Si](C)(C)C(C)(C)C. The topological polar surface area (TPSA) is 160 Å². The van der Waals surface area contributed by atoms with Gasteiger partial charge in [-0.25, -0.2) is 4.79 Å². The Kier molecular flexibility index (Phi) is 15.3. The summed E-state index contributed by atoms with van der Waals surface area (Å²) in [6.45, 7) is 28.5. The van der Waals surface area contributed by atoms with Gasteiger partial charge in [0.1, 0.15) is 19.8 Å². The zero-order chi connectivity index (χ0) is 51.0.